The van der Waals surface area contributed by atoms with Crippen molar-refractivity contribution >= 4 is 75.8 Å². The number of rotatable bonds is 29. The van der Waals surface area contributed by atoms with Crippen LogP contribution in [0.25, 0.3) is 10.8 Å². The van der Waals surface area contributed by atoms with Gasteiger partial charge < -0.3 is 51.4 Å². The van der Waals surface area contributed by atoms with E-state index in [1.807, 2.05) is 24.3 Å². The number of nitrogens with one attached hydrogen (secondary N) is 7. The van der Waals surface area contributed by atoms with Crippen LogP contribution in [0.2, 0.25) is 0 Å². The van der Waals surface area contributed by atoms with Gasteiger partial charge in [0, 0.05) is 19.3 Å². The highest BCUT2D eigenvalue weighted by molar-refractivity contribution is 6.38. The number of ketones is 1. The van der Waals surface area contributed by atoms with Gasteiger partial charge in [-0.25, -0.2) is 0 Å². The molecule has 0 aliphatic rings. The molecule has 0 aromatic heterocycles. The Labute approximate surface area is 520 Å². The van der Waals surface area contributed by atoms with Crippen LogP contribution in [0.4, 0.5) is 13.2 Å². The zero-order valence-corrected chi connectivity index (χ0v) is 54.2. The van der Waals surface area contributed by atoms with E-state index in [-0.39, 0.29) is 19.3 Å². The van der Waals surface area contributed by atoms with Gasteiger partial charge in [-0.2, -0.15) is 13.2 Å². The monoisotopic (exact) mass is 1250 g/mol. The molecule has 0 heterocycles. The number of aryl methyl sites for hydroxylation is 1. The average Bonchev–Trinajstić information content (AvgIpc) is 1.23. The zero-order valence-electron chi connectivity index (χ0n) is 54.2. The number of fused-ring (bicyclic) bond motifs is 1. The van der Waals surface area contributed by atoms with Gasteiger partial charge in [0.1, 0.15) is 53.1 Å². The molecule has 21 nitrogen and oxygen atoms in total. The molecule has 0 fully saturated rings. The van der Waals surface area contributed by atoms with E-state index in [9.17, 15) is 65.9 Å². The lowest BCUT2D eigenvalue weighted by molar-refractivity contribution is -0.158. The number of carbonyl (C=O) groups excluding carboxylic acids is 11. The molecule has 0 aliphatic heterocycles. The van der Waals surface area contributed by atoms with Crippen LogP contribution in [0.1, 0.15) is 178 Å². The van der Waals surface area contributed by atoms with Gasteiger partial charge in [-0.05, 0) is 133 Å². The number of alkyl halides is 3. The molecule has 0 saturated heterocycles. The Kier molecular flexibility index (Phi) is 27.5. The molecule has 7 atom stereocenters. The summed E-state index contributed by atoms with van der Waals surface area (Å²) in [7, 11) is 0. The second kappa shape index (κ2) is 32.5. The number of ether oxygens (including phenoxy) is 3. The summed E-state index contributed by atoms with van der Waals surface area (Å²) in [5.41, 5.74) is -2.31. The molecular weight excluding hydrogens is 1160 g/mol. The molecule has 3 aromatic carbocycles. The Balaban J connectivity index is 2.03. The number of benzene rings is 3. The summed E-state index contributed by atoms with van der Waals surface area (Å²) >= 11 is 0. The highest BCUT2D eigenvalue weighted by Gasteiger charge is 2.42. The summed E-state index contributed by atoms with van der Waals surface area (Å²) in [6.45, 7) is 25.9. The van der Waals surface area contributed by atoms with Gasteiger partial charge in [-0.15, -0.1) is 0 Å². The van der Waals surface area contributed by atoms with Crippen molar-refractivity contribution in [1.29, 1.82) is 0 Å². The molecule has 7 amide bonds. The summed E-state index contributed by atoms with van der Waals surface area (Å²) in [5, 5.41) is 19.1. The lowest BCUT2D eigenvalue weighted by atomic mass is 9.85. The van der Waals surface area contributed by atoms with Gasteiger partial charge in [0.05, 0.1) is 25.3 Å². The summed E-state index contributed by atoms with van der Waals surface area (Å²) in [6.07, 6.45) is -9.75. The number of Topliss-reactive ketones (excluding diaryl/α,β-unsaturated/α-hetero) is 1. The lowest BCUT2D eigenvalue weighted by Crippen LogP contribution is -2.62. The largest absolute Gasteiger partial charge is 0.460 e. The van der Waals surface area contributed by atoms with E-state index < -0.39 is 180 Å². The van der Waals surface area contributed by atoms with Crippen molar-refractivity contribution < 1.29 is 80.1 Å². The van der Waals surface area contributed by atoms with Crippen molar-refractivity contribution in [1.82, 2.24) is 37.2 Å². The first kappa shape index (κ1) is 75.3. The SMILES string of the molecule is CC[C@H](NC(=O)C(=O)C(CC(F)(F)F)NC(=O)[C@H](CC(C)C)NC(=O)[C@@H](NC(=O)[C@H](Cc1ccccc1C)NC(=O)[C@H](CCC(=O)OC(C)(C)C)NC(=O)[C@H](CC(=O)OC(C)(C)C)NC(=O)CCC(=O)OC(C)(C)C)C(C)(C)C)c1ccc2ccccc2c1. The Bertz CT molecular complexity index is 3010. The van der Waals surface area contributed by atoms with Crippen LogP contribution in [0.15, 0.2) is 66.7 Å². The number of hydrogen-bond donors (Lipinski definition) is 7. The topological polar surface area (TPSA) is 300 Å². The predicted octanol–water partition coefficient (Wildman–Crippen LogP) is 7.46. The standard InChI is InChI=1S/C65H92F3N7O14/c1-17-43(42-27-26-39-23-20-21-25-41(39)33-42)70-59(85)53(80)48(36-65(66,67)68)74-56(82)45(32-37(2)3)73-60(86)54(61(5,6)7)75-58(84)46(34-40-24-19-18-22-38(40)4)72-55(81)44(28-30-50(77)87-62(8,9)10)71-57(83)47(35-52(79)89-64(14,15)16)69-49(76)29-31-51(78)88-63(11,12)13/h18-27,33,37,43-48,54H,17,28-32,34-36H2,1-16H3,(H,69,76)(H,70,85)(H,71,83)(H,72,81)(H,73,86)(H,74,82)(H,75,84)/t43-,44-,45-,46-,47-,48?,54+/m0/s1. The molecule has 7 N–H and O–H groups in total. The summed E-state index contributed by atoms with van der Waals surface area (Å²) < 4.78 is 58.9. The molecule has 3 aromatic rings. The third-order valence-electron chi connectivity index (χ3n) is 13.4. The number of halogens is 3. The fourth-order valence-corrected chi connectivity index (χ4v) is 9.19. The first-order chi connectivity index (χ1) is 40.9. The third-order valence-corrected chi connectivity index (χ3v) is 13.4. The quantitative estimate of drug-likeness (QED) is 0.0202. The summed E-state index contributed by atoms with van der Waals surface area (Å²) in [5.74, 6) is -12.0. The maximum absolute atomic E-state index is 14.9. The first-order valence-electron chi connectivity index (χ1n) is 29.9. The molecule has 1 unspecified atom stereocenters. The van der Waals surface area contributed by atoms with Gasteiger partial charge >= 0.3 is 24.1 Å². The Hall–Kier alpha value is -7.92. The fourth-order valence-electron chi connectivity index (χ4n) is 9.19. The van der Waals surface area contributed by atoms with Crippen molar-refractivity contribution in [3.05, 3.63) is 83.4 Å². The smallest absolute Gasteiger partial charge is 0.391 e. The molecule has 3 rings (SSSR count). The minimum atomic E-state index is -5.06. The number of amides is 7. The van der Waals surface area contributed by atoms with Crippen LogP contribution in [-0.4, -0.2) is 124 Å². The van der Waals surface area contributed by atoms with Crippen LogP contribution in [0.3, 0.4) is 0 Å². The van der Waals surface area contributed by atoms with E-state index in [1.54, 1.807) is 153 Å². The van der Waals surface area contributed by atoms with Crippen LogP contribution in [0, 0.1) is 18.3 Å². The Morgan fingerprint density at radius 1 is 0.506 bits per heavy atom. The van der Waals surface area contributed by atoms with Crippen LogP contribution < -0.4 is 37.2 Å². The van der Waals surface area contributed by atoms with E-state index in [0.717, 1.165) is 10.8 Å². The fraction of sp³-hybridized carbons (Fsp3) is 0.585. The number of carbonyl (C=O) groups is 11. The number of hydrogen-bond acceptors (Lipinski definition) is 14. The van der Waals surface area contributed by atoms with E-state index in [2.05, 4.69) is 37.2 Å². The molecular formula is C65H92F3N7O14. The molecule has 89 heavy (non-hydrogen) atoms. The Morgan fingerprint density at radius 2 is 1.00 bits per heavy atom. The van der Waals surface area contributed by atoms with Gasteiger partial charge in [0.25, 0.3) is 5.91 Å². The van der Waals surface area contributed by atoms with E-state index in [4.69, 9.17) is 14.2 Å². The van der Waals surface area contributed by atoms with Gasteiger partial charge in [-0.1, -0.05) is 102 Å². The minimum absolute atomic E-state index is 0.196. The third kappa shape index (κ3) is 27.6. The van der Waals surface area contributed by atoms with Crippen molar-refractivity contribution in [2.75, 3.05) is 0 Å². The maximum atomic E-state index is 14.9. The summed E-state index contributed by atoms with van der Waals surface area (Å²) in [6, 6.07) is 8.05. The summed E-state index contributed by atoms with van der Waals surface area (Å²) in [4.78, 5) is 152. The molecule has 0 saturated carbocycles. The maximum Gasteiger partial charge on any atom is 0.391 e. The van der Waals surface area contributed by atoms with Gasteiger partial charge in [0.2, 0.25) is 41.2 Å². The van der Waals surface area contributed by atoms with Crippen LogP contribution in [0.5, 0.6) is 0 Å². The molecule has 0 spiro atoms. The van der Waals surface area contributed by atoms with Crippen molar-refractivity contribution in [2.24, 2.45) is 11.3 Å². The van der Waals surface area contributed by atoms with Gasteiger partial charge in [-0.3, -0.25) is 52.7 Å². The molecule has 0 aliphatic carbocycles. The molecule has 492 valence electrons. The van der Waals surface area contributed by atoms with Crippen LogP contribution >= 0.6 is 0 Å². The highest BCUT2D eigenvalue weighted by atomic mass is 19.4. The normalized spacial score (nSPS) is 14.5. The van der Waals surface area contributed by atoms with Crippen LogP contribution in [-0.2, 0) is 73.4 Å². The minimum Gasteiger partial charge on any atom is -0.460 e. The molecule has 0 bridgehead atoms. The van der Waals surface area contributed by atoms with Crippen molar-refractivity contribution in [2.45, 2.75) is 234 Å². The predicted molar refractivity (Wildman–Crippen MR) is 327 cm³/mol. The van der Waals surface area contributed by atoms with Crippen molar-refractivity contribution in [3.63, 3.8) is 0 Å². The Morgan fingerprint density at radius 3 is 1.55 bits per heavy atom. The highest BCUT2D eigenvalue weighted by Crippen LogP contribution is 2.26. The van der Waals surface area contributed by atoms with E-state index >= 15 is 0 Å². The molecule has 0 radical (unpaired) electrons. The second-order valence-corrected chi connectivity index (χ2v) is 26.7. The van der Waals surface area contributed by atoms with E-state index in [1.165, 1.54) is 0 Å². The average molecular weight is 1250 g/mol. The van der Waals surface area contributed by atoms with Crippen molar-refractivity contribution in [3.8, 4) is 0 Å². The first-order valence-corrected chi connectivity index (χ1v) is 29.9. The zero-order chi connectivity index (χ0) is 67.6. The number of esters is 3. The van der Waals surface area contributed by atoms with Gasteiger partial charge in [0.15, 0.2) is 0 Å². The molecule has 24 heteroatoms. The van der Waals surface area contributed by atoms with E-state index in [0.29, 0.717) is 16.7 Å². The lowest BCUT2D eigenvalue weighted by Gasteiger charge is -2.34. The second-order valence-electron chi connectivity index (χ2n) is 26.7.